The van der Waals surface area contributed by atoms with Crippen LogP contribution in [0.2, 0.25) is 0 Å². The average molecular weight is 945 g/mol. The van der Waals surface area contributed by atoms with Gasteiger partial charge in [0.25, 0.3) is 0 Å². The van der Waals surface area contributed by atoms with Crippen molar-refractivity contribution in [3.63, 3.8) is 0 Å². The molecule has 5 aromatic carbocycles. The van der Waals surface area contributed by atoms with Crippen molar-refractivity contribution in [2.75, 3.05) is 46.2 Å². The number of esters is 5. The summed E-state index contributed by atoms with van der Waals surface area (Å²) in [7, 11) is 0. The highest BCUT2D eigenvalue weighted by atomic mass is 16.6. The van der Waals surface area contributed by atoms with Crippen molar-refractivity contribution in [1.29, 1.82) is 0 Å². The lowest BCUT2D eigenvalue weighted by Crippen LogP contribution is -2.26. The Morgan fingerprint density at radius 2 is 0.580 bits per heavy atom. The fourth-order valence-corrected chi connectivity index (χ4v) is 6.45. The number of benzene rings is 5. The highest BCUT2D eigenvalue weighted by molar-refractivity contribution is 6.08. The van der Waals surface area contributed by atoms with Crippen LogP contribution < -0.4 is 0 Å². The minimum atomic E-state index is -0.867. The molecule has 0 bridgehead atoms. The number of hydrogen-bond donors (Lipinski definition) is 0. The molecule has 0 fully saturated rings. The quantitative estimate of drug-likeness (QED) is 0.0300. The molecule has 0 amide bonds. The van der Waals surface area contributed by atoms with Crippen molar-refractivity contribution < 1.29 is 76.3 Å². The lowest BCUT2D eigenvalue weighted by Gasteiger charge is -2.17. The average Bonchev–Trinajstić information content (AvgIpc) is 3.35. The summed E-state index contributed by atoms with van der Waals surface area (Å²) < 4.78 is 43.7. The zero-order chi connectivity index (χ0) is 49.7. The van der Waals surface area contributed by atoms with E-state index in [2.05, 4.69) is 0 Å². The van der Waals surface area contributed by atoms with Crippen LogP contribution in [0.4, 0.5) is 0 Å². The molecular formula is C53H52O16. The number of hydrogen-bond acceptors (Lipinski definition) is 16. The van der Waals surface area contributed by atoms with Crippen LogP contribution in [-0.2, 0) is 37.9 Å². The van der Waals surface area contributed by atoms with Gasteiger partial charge >= 0.3 is 29.8 Å². The largest absolute Gasteiger partial charge is 0.458 e. The van der Waals surface area contributed by atoms with Crippen LogP contribution in [0.3, 0.4) is 0 Å². The maximum atomic E-state index is 13.2. The van der Waals surface area contributed by atoms with Crippen molar-refractivity contribution in [2.45, 2.75) is 52.1 Å². The van der Waals surface area contributed by atoms with E-state index in [0.717, 1.165) is 0 Å². The van der Waals surface area contributed by atoms with E-state index in [4.69, 9.17) is 37.9 Å². The van der Waals surface area contributed by atoms with Crippen molar-refractivity contribution in [2.24, 2.45) is 0 Å². The van der Waals surface area contributed by atoms with E-state index >= 15 is 0 Å². The van der Waals surface area contributed by atoms with Gasteiger partial charge in [-0.3, -0.25) is 14.4 Å². The highest BCUT2D eigenvalue weighted by Gasteiger charge is 2.25. The van der Waals surface area contributed by atoms with Crippen LogP contribution in [0.5, 0.6) is 0 Å². The zero-order valence-electron chi connectivity index (χ0n) is 38.5. The van der Waals surface area contributed by atoms with Gasteiger partial charge in [0.05, 0.1) is 47.6 Å². The molecule has 5 aromatic rings. The van der Waals surface area contributed by atoms with E-state index in [-0.39, 0.29) is 59.8 Å². The van der Waals surface area contributed by atoms with Gasteiger partial charge in [0.2, 0.25) is 0 Å². The number of ether oxygens (including phenoxy) is 8. The molecule has 0 N–H and O–H groups in total. The Balaban J connectivity index is 1.03. The number of Topliss-reactive ketones (excluding diaryl/α,β-unsaturated/α-hetero) is 3. The van der Waals surface area contributed by atoms with Crippen LogP contribution in [0.25, 0.3) is 0 Å². The molecule has 5 rings (SSSR count). The molecule has 4 atom stereocenters. The minimum absolute atomic E-state index is 0.00741. The number of ketones is 3. The fourth-order valence-electron chi connectivity index (χ4n) is 6.45. The van der Waals surface area contributed by atoms with E-state index < -0.39 is 91.4 Å². The first-order valence-electron chi connectivity index (χ1n) is 21.9. The second-order valence-corrected chi connectivity index (χ2v) is 15.6. The predicted molar refractivity (Wildman–Crippen MR) is 247 cm³/mol. The topological polar surface area (TPSA) is 210 Å². The monoisotopic (exact) mass is 944 g/mol. The Morgan fingerprint density at radius 1 is 0.319 bits per heavy atom. The van der Waals surface area contributed by atoms with Gasteiger partial charge in [-0.2, -0.15) is 0 Å². The van der Waals surface area contributed by atoms with Crippen LogP contribution in [0.15, 0.2) is 133 Å². The molecule has 16 nitrogen and oxygen atoms in total. The van der Waals surface area contributed by atoms with Crippen molar-refractivity contribution in [1.82, 2.24) is 0 Å². The summed E-state index contributed by atoms with van der Waals surface area (Å²) in [5.41, 5.74) is 0.774. The van der Waals surface area contributed by atoms with Gasteiger partial charge in [0.1, 0.15) is 50.8 Å². The van der Waals surface area contributed by atoms with E-state index in [1.54, 1.807) is 118 Å². The molecule has 0 heterocycles. The van der Waals surface area contributed by atoms with Crippen LogP contribution >= 0.6 is 0 Å². The first-order chi connectivity index (χ1) is 33.2. The Bertz CT molecular complexity index is 2570. The number of rotatable bonds is 26. The highest BCUT2D eigenvalue weighted by Crippen LogP contribution is 2.17. The van der Waals surface area contributed by atoms with Gasteiger partial charge in [-0.25, -0.2) is 24.0 Å². The van der Waals surface area contributed by atoms with E-state index in [1.165, 1.54) is 43.3 Å². The van der Waals surface area contributed by atoms with E-state index in [9.17, 15) is 38.4 Å². The third-order valence-electron chi connectivity index (χ3n) is 9.80. The molecule has 16 heteroatoms. The maximum Gasteiger partial charge on any atom is 0.339 e. The molecule has 0 spiro atoms. The normalized spacial score (nSPS) is 12.6. The fraction of sp³-hybridized carbons (Fsp3) is 0.283. The van der Waals surface area contributed by atoms with Crippen molar-refractivity contribution >= 4 is 47.2 Å². The van der Waals surface area contributed by atoms with E-state index in [0.29, 0.717) is 11.1 Å². The molecule has 0 saturated heterocycles. The summed E-state index contributed by atoms with van der Waals surface area (Å²) in [5, 5.41) is 0. The Hall–Kier alpha value is -7.66. The van der Waals surface area contributed by atoms with Crippen LogP contribution in [-0.4, -0.2) is 118 Å². The summed E-state index contributed by atoms with van der Waals surface area (Å²) in [5.74, 6) is -5.15. The summed E-state index contributed by atoms with van der Waals surface area (Å²) >= 11 is 0. The molecule has 69 heavy (non-hydrogen) atoms. The Labute approximate surface area is 398 Å². The lowest BCUT2D eigenvalue weighted by atomic mass is 10.0. The summed E-state index contributed by atoms with van der Waals surface area (Å²) in [6, 6.07) is 34.8. The lowest BCUT2D eigenvalue weighted by molar-refractivity contribution is 0.00180. The Morgan fingerprint density at radius 3 is 0.913 bits per heavy atom. The summed E-state index contributed by atoms with van der Waals surface area (Å²) in [4.78, 5) is 103. The van der Waals surface area contributed by atoms with E-state index in [1.807, 2.05) is 0 Å². The zero-order valence-corrected chi connectivity index (χ0v) is 38.5. The van der Waals surface area contributed by atoms with Gasteiger partial charge in [0.15, 0.2) is 17.3 Å². The SMILES string of the molecule is CC(COCC(=O)c1ccccc1C(=O)OC(C)COCC(=O)c1ccccc1C(=O)OC(C)COCC(=O)c1ccccc1C(=O)OC(C)COC(=O)c1ccccc1)OC(=O)c1ccccc1. The summed E-state index contributed by atoms with van der Waals surface area (Å²) in [6.07, 6.45) is -3.19. The molecule has 4 unspecified atom stereocenters. The standard InChI is InChI=1S/C53H52O16/c1-34(66-50(58)39-19-9-6-10-20-39)27-62-31-46(54)40-21-11-14-24-43(40)51(59)67-35(2)28-63-32-47(55)41-22-12-15-25-44(41)52(60)68-36(3)29-64-33-48(56)42-23-13-16-26-45(42)53(61)69-37(4)30-65-49(57)38-17-7-5-8-18-38/h5-26,34-37H,27-33H2,1-4H3. The Kier molecular flexibility index (Phi) is 20.2. The molecule has 0 aliphatic heterocycles. The van der Waals surface area contributed by atoms with Gasteiger partial charge in [-0.1, -0.05) is 91.0 Å². The number of carbonyl (C=O) groups is 8. The second-order valence-electron chi connectivity index (χ2n) is 15.6. The third kappa shape index (κ3) is 16.3. The third-order valence-corrected chi connectivity index (χ3v) is 9.80. The van der Waals surface area contributed by atoms with Gasteiger partial charge in [-0.15, -0.1) is 0 Å². The minimum Gasteiger partial charge on any atom is -0.458 e. The smallest absolute Gasteiger partial charge is 0.339 e. The predicted octanol–water partition coefficient (Wildman–Crippen LogP) is 7.42. The van der Waals surface area contributed by atoms with Gasteiger partial charge < -0.3 is 37.9 Å². The van der Waals surface area contributed by atoms with Crippen molar-refractivity contribution in [3.8, 4) is 0 Å². The van der Waals surface area contributed by atoms with Crippen molar-refractivity contribution in [3.05, 3.63) is 178 Å². The number of carbonyl (C=O) groups excluding carboxylic acids is 8. The second kappa shape index (κ2) is 26.6. The molecule has 360 valence electrons. The molecule has 0 aliphatic carbocycles. The summed E-state index contributed by atoms with van der Waals surface area (Å²) in [6.45, 7) is 4.24. The maximum absolute atomic E-state index is 13.2. The molecule has 0 saturated carbocycles. The molecule has 0 aliphatic rings. The molecular weight excluding hydrogens is 893 g/mol. The van der Waals surface area contributed by atoms with Crippen LogP contribution in [0.1, 0.15) is 111 Å². The van der Waals surface area contributed by atoms with Gasteiger partial charge in [-0.05, 0) is 70.2 Å². The molecule has 0 radical (unpaired) electrons. The van der Waals surface area contributed by atoms with Crippen LogP contribution in [0, 0.1) is 0 Å². The first kappa shape index (κ1) is 52.3. The first-order valence-corrected chi connectivity index (χ1v) is 21.9. The van der Waals surface area contributed by atoms with Gasteiger partial charge in [0, 0.05) is 16.7 Å². The molecule has 0 aromatic heterocycles.